The van der Waals surface area contributed by atoms with Crippen molar-refractivity contribution in [1.82, 2.24) is 5.32 Å². The molecule has 1 amide bonds. The summed E-state index contributed by atoms with van der Waals surface area (Å²) in [5.41, 5.74) is -0.968. The number of amides is 1. The predicted octanol–water partition coefficient (Wildman–Crippen LogP) is 1.20. The number of non-ortho nitro benzene ring substituents is 1. The lowest BCUT2D eigenvalue weighted by Gasteiger charge is -2.22. The van der Waals surface area contributed by atoms with Gasteiger partial charge in [-0.25, -0.2) is 8.78 Å². The van der Waals surface area contributed by atoms with Crippen LogP contribution in [0, 0.1) is 21.7 Å². The monoisotopic (exact) mass is 271 g/mol. The summed E-state index contributed by atoms with van der Waals surface area (Å²) in [5, 5.41) is 13.1. The standard InChI is InChI=1S/C11H11F2N3O3/c12-8-5-7(16(18)19)6-9(13)11(8)15-3-1-10(17)14-2-4-15/h5-6H,1-4H2,(H,14,17). The highest BCUT2D eigenvalue weighted by molar-refractivity contribution is 5.77. The summed E-state index contributed by atoms with van der Waals surface area (Å²) in [6.07, 6.45) is 0.121. The van der Waals surface area contributed by atoms with Crippen molar-refractivity contribution in [2.75, 3.05) is 24.5 Å². The quantitative estimate of drug-likeness (QED) is 0.647. The van der Waals surface area contributed by atoms with Crippen LogP contribution >= 0.6 is 0 Å². The van der Waals surface area contributed by atoms with E-state index in [9.17, 15) is 23.7 Å². The third-order valence-corrected chi connectivity index (χ3v) is 2.84. The average molecular weight is 271 g/mol. The van der Waals surface area contributed by atoms with Gasteiger partial charge in [0.15, 0.2) is 11.6 Å². The molecule has 1 aromatic carbocycles. The van der Waals surface area contributed by atoms with Gasteiger partial charge < -0.3 is 10.2 Å². The van der Waals surface area contributed by atoms with Gasteiger partial charge in [0.05, 0.1) is 17.1 Å². The van der Waals surface area contributed by atoms with E-state index in [-0.39, 0.29) is 37.6 Å². The van der Waals surface area contributed by atoms with Gasteiger partial charge in [-0.15, -0.1) is 0 Å². The van der Waals surface area contributed by atoms with Gasteiger partial charge in [0.1, 0.15) is 5.69 Å². The maximum atomic E-state index is 13.8. The summed E-state index contributed by atoms with van der Waals surface area (Å²) >= 11 is 0. The molecule has 1 saturated heterocycles. The molecule has 6 nitrogen and oxygen atoms in total. The Labute approximate surface area is 107 Å². The Morgan fingerprint density at radius 3 is 2.47 bits per heavy atom. The van der Waals surface area contributed by atoms with Crippen molar-refractivity contribution in [2.24, 2.45) is 0 Å². The maximum Gasteiger partial charge on any atom is 0.275 e. The second-order valence-corrected chi connectivity index (χ2v) is 4.10. The minimum Gasteiger partial charge on any atom is -0.364 e. The lowest BCUT2D eigenvalue weighted by molar-refractivity contribution is -0.385. The SMILES string of the molecule is O=C1CCN(c2c(F)cc([N+](=O)[O-])cc2F)CCN1. The van der Waals surface area contributed by atoms with Crippen molar-refractivity contribution in [2.45, 2.75) is 6.42 Å². The van der Waals surface area contributed by atoms with E-state index in [1.165, 1.54) is 4.90 Å². The first-order valence-electron chi connectivity index (χ1n) is 5.64. The van der Waals surface area contributed by atoms with Crippen LogP contribution in [0.25, 0.3) is 0 Å². The highest BCUT2D eigenvalue weighted by Gasteiger charge is 2.23. The van der Waals surface area contributed by atoms with Crippen LogP contribution in [0.4, 0.5) is 20.2 Å². The number of nitro groups is 1. The molecule has 1 fully saturated rings. The molecule has 1 aromatic rings. The van der Waals surface area contributed by atoms with Gasteiger partial charge in [0.25, 0.3) is 5.69 Å². The summed E-state index contributed by atoms with van der Waals surface area (Å²) in [4.78, 5) is 22.2. The molecule has 1 aliphatic rings. The molecule has 1 N–H and O–H groups in total. The summed E-state index contributed by atoms with van der Waals surface area (Å²) in [7, 11) is 0. The lowest BCUT2D eigenvalue weighted by Crippen LogP contribution is -2.29. The molecular weight excluding hydrogens is 260 g/mol. The number of carbonyl (C=O) groups is 1. The number of carbonyl (C=O) groups excluding carboxylic acids is 1. The Morgan fingerprint density at radius 1 is 1.26 bits per heavy atom. The fourth-order valence-electron chi connectivity index (χ4n) is 1.95. The number of anilines is 1. The maximum absolute atomic E-state index is 13.8. The van der Waals surface area contributed by atoms with Crippen LogP contribution in [0.5, 0.6) is 0 Å². The fourth-order valence-corrected chi connectivity index (χ4v) is 1.95. The van der Waals surface area contributed by atoms with Crippen molar-refractivity contribution < 1.29 is 18.5 Å². The smallest absolute Gasteiger partial charge is 0.275 e. The van der Waals surface area contributed by atoms with Crippen LogP contribution in [-0.4, -0.2) is 30.5 Å². The van der Waals surface area contributed by atoms with Gasteiger partial charge in [0.2, 0.25) is 5.91 Å². The Bertz CT molecular complexity index is 513. The fraction of sp³-hybridized carbons (Fsp3) is 0.364. The van der Waals surface area contributed by atoms with Gasteiger partial charge in [-0.1, -0.05) is 0 Å². The van der Waals surface area contributed by atoms with E-state index in [1.807, 2.05) is 0 Å². The molecule has 2 rings (SSSR count). The zero-order valence-electron chi connectivity index (χ0n) is 9.86. The zero-order valence-corrected chi connectivity index (χ0v) is 9.86. The minimum atomic E-state index is -0.999. The molecule has 19 heavy (non-hydrogen) atoms. The van der Waals surface area contributed by atoms with Crippen LogP contribution < -0.4 is 10.2 Å². The van der Waals surface area contributed by atoms with E-state index in [0.717, 1.165) is 0 Å². The molecule has 1 heterocycles. The molecular formula is C11H11F2N3O3. The van der Waals surface area contributed by atoms with Gasteiger partial charge >= 0.3 is 0 Å². The van der Waals surface area contributed by atoms with Crippen LogP contribution in [-0.2, 0) is 4.79 Å². The van der Waals surface area contributed by atoms with E-state index >= 15 is 0 Å². The molecule has 0 aliphatic carbocycles. The second-order valence-electron chi connectivity index (χ2n) is 4.10. The number of hydrogen-bond acceptors (Lipinski definition) is 4. The Kier molecular flexibility index (Phi) is 3.59. The van der Waals surface area contributed by atoms with E-state index in [2.05, 4.69) is 5.32 Å². The Hall–Kier alpha value is -2.25. The minimum absolute atomic E-state index is 0.121. The number of halogens is 2. The van der Waals surface area contributed by atoms with E-state index in [1.54, 1.807) is 0 Å². The molecule has 0 unspecified atom stereocenters. The van der Waals surface area contributed by atoms with Crippen molar-refractivity contribution in [3.8, 4) is 0 Å². The topological polar surface area (TPSA) is 75.5 Å². The zero-order chi connectivity index (χ0) is 14.0. The first kappa shape index (κ1) is 13.2. The van der Waals surface area contributed by atoms with Gasteiger partial charge in [-0.05, 0) is 0 Å². The predicted molar refractivity (Wildman–Crippen MR) is 62.9 cm³/mol. The summed E-state index contributed by atoms with van der Waals surface area (Å²) in [6.45, 7) is 0.684. The number of hydrogen-bond donors (Lipinski definition) is 1. The molecule has 0 atom stereocenters. The highest BCUT2D eigenvalue weighted by Crippen LogP contribution is 2.28. The van der Waals surface area contributed by atoms with Gasteiger partial charge in [-0.3, -0.25) is 14.9 Å². The Morgan fingerprint density at radius 2 is 1.89 bits per heavy atom. The first-order chi connectivity index (χ1) is 8.99. The van der Waals surface area contributed by atoms with E-state index < -0.39 is 22.2 Å². The van der Waals surface area contributed by atoms with Crippen LogP contribution in [0.2, 0.25) is 0 Å². The molecule has 8 heteroatoms. The first-order valence-corrected chi connectivity index (χ1v) is 5.64. The van der Waals surface area contributed by atoms with Crippen molar-refractivity contribution in [1.29, 1.82) is 0 Å². The third kappa shape index (κ3) is 2.78. The molecule has 0 radical (unpaired) electrons. The van der Waals surface area contributed by atoms with Crippen molar-refractivity contribution in [3.05, 3.63) is 33.9 Å². The summed E-state index contributed by atoms with van der Waals surface area (Å²) in [5.74, 6) is -2.19. The van der Waals surface area contributed by atoms with Crippen molar-refractivity contribution >= 4 is 17.3 Å². The largest absolute Gasteiger partial charge is 0.364 e. The number of nitro benzene ring substituents is 1. The normalized spacial score (nSPS) is 15.9. The summed E-state index contributed by atoms with van der Waals surface area (Å²) < 4.78 is 27.6. The number of nitrogens with one attached hydrogen (secondary N) is 1. The molecule has 0 aromatic heterocycles. The summed E-state index contributed by atoms with van der Waals surface area (Å²) in [6, 6.07) is 1.36. The van der Waals surface area contributed by atoms with Crippen molar-refractivity contribution in [3.63, 3.8) is 0 Å². The lowest BCUT2D eigenvalue weighted by atomic mass is 10.2. The number of nitrogens with zero attached hydrogens (tertiary/aromatic N) is 2. The van der Waals surface area contributed by atoms with Gasteiger partial charge in [-0.2, -0.15) is 0 Å². The van der Waals surface area contributed by atoms with Crippen LogP contribution in [0.1, 0.15) is 6.42 Å². The Balaban J connectivity index is 2.34. The molecule has 102 valence electrons. The number of rotatable bonds is 2. The second kappa shape index (κ2) is 5.17. The third-order valence-electron chi connectivity index (χ3n) is 2.84. The van der Waals surface area contributed by atoms with Crippen LogP contribution in [0.3, 0.4) is 0 Å². The molecule has 0 saturated carbocycles. The van der Waals surface area contributed by atoms with E-state index in [0.29, 0.717) is 12.1 Å². The molecule has 0 spiro atoms. The van der Waals surface area contributed by atoms with Gasteiger partial charge in [0, 0.05) is 26.1 Å². The number of benzene rings is 1. The molecule has 1 aliphatic heterocycles. The molecule has 0 bridgehead atoms. The van der Waals surface area contributed by atoms with E-state index in [4.69, 9.17) is 0 Å². The highest BCUT2D eigenvalue weighted by atomic mass is 19.1. The average Bonchev–Trinajstić information content (AvgIpc) is 2.53. The van der Waals surface area contributed by atoms with Crippen LogP contribution in [0.15, 0.2) is 12.1 Å².